The number of benzene rings is 4. The molecule has 0 aliphatic heterocycles. The number of fused-ring (bicyclic) bond motifs is 1. The highest BCUT2D eigenvalue weighted by Gasteiger charge is 2.09. The molecule has 4 aromatic rings. The SMILES string of the molecule is CCOc1cc(CNc2ccc(Br)cc2)ccc1OCc1cccc2ccccc12. The predicted molar refractivity (Wildman–Crippen MR) is 127 cm³/mol. The number of halogens is 1. The van der Waals surface area contributed by atoms with Gasteiger partial charge in [-0.05, 0) is 65.2 Å². The highest BCUT2D eigenvalue weighted by atomic mass is 79.9. The van der Waals surface area contributed by atoms with Crippen LogP contribution in [0.2, 0.25) is 0 Å². The average Bonchev–Trinajstić information content (AvgIpc) is 2.78. The van der Waals surface area contributed by atoms with Crippen molar-refractivity contribution < 1.29 is 9.47 Å². The third kappa shape index (κ3) is 4.95. The molecule has 0 amide bonds. The predicted octanol–water partition coefficient (Wildman–Crippen LogP) is 7.19. The first-order valence-corrected chi connectivity index (χ1v) is 10.9. The van der Waals surface area contributed by atoms with Gasteiger partial charge in [0, 0.05) is 16.7 Å². The monoisotopic (exact) mass is 461 g/mol. The van der Waals surface area contributed by atoms with Gasteiger partial charge in [-0.2, -0.15) is 0 Å². The van der Waals surface area contributed by atoms with Crippen LogP contribution in [-0.2, 0) is 13.2 Å². The van der Waals surface area contributed by atoms with E-state index in [1.807, 2.05) is 31.2 Å². The molecule has 0 atom stereocenters. The summed E-state index contributed by atoms with van der Waals surface area (Å²) in [5.41, 5.74) is 3.38. The van der Waals surface area contributed by atoms with E-state index in [1.165, 1.54) is 10.8 Å². The molecule has 0 heterocycles. The van der Waals surface area contributed by atoms with Crippen molar-refractivity contribution in [3.63, 3.8) is 0 Å². The maximum atomic E-state index is 6.16. The fourth-order valence-electron chi connectivity index (χ4n) is 3.40. The van der Waals surface area contributed by atoms with Crippen LogP contribution in [0.25, 0.3) is 10.8 Å². The molecular weight excluding hydrogens is 438 g/mol. The topological polar surface area (TPSA) is 30.5 Å². The summed E-state index contributed by atoms with van der Waals surface area (Å²) in [5, 5.41) is 5.87. The highest BCUT2D eigenvalue weighted by molar-refractivity contribution is 9.10. The Morgan fingerprint density at radius 2 is 1.60 bits per heavy atom. The Morgan fingerprint density at radius 1 is 0.800 bits per heavy atom. The fourth-order valence-corrected chi connectivity index (χ4v) is 3.66. The summed E-state index contributed by atoms with van der Waals surface area (Å²) >= 11 is 3.46. The van der Waals surface area contributed by atoms with E-state index in [0.29, 0.717) is 19.8 Å². The lowest BCUT2D eigenvalue weighted by Crippen LogP contribution is -2.03. The lowest BCUT2D eigenvalue weighted by molar-refractivity contribution is 0.270. The molecule has 30 heavy (non-hydrogen) atoms. The van der Waals surface area contributed by atoms with Crippen molar-refractivity contribution in [2.75, 3.05) is 11.9 Å². The van der Waals surface area contributed by atoms with Crippen LogP contribution < -0.4 is 14.8 Å². The van der Waals surface area contributed by atoms with Gasteiger partial charge in [0.1, 0.15) is 6.61 Å². The minimum absolute atomic E-state index is 0.498. The molecule has 0 bridgehead atoms. The van der Waals surface area contributed by atoms with Crippen LogP contribution >= 0.6 is 15.9 Å². The van der Waals surface area contributed by atoms with Gasteiger partial charge in [-0.25, -0.2) is 0 Å². The molecule has 0 fully saturated rings. The summed E-state index contributed by atoms with van der Waals surface area (Å²) in [4.78, 5) is 0. The van der Waals surface area contributed by atoms with Crippen LogP contribution in [0.3, 0.4) is 0 Å². The number of rotatable bonds is 8. The molecule has 1 N–H and O–H groups in total. The van der Waals surface area contributed by atoms with Crippen LogP contribution in [0.1, 0.15) is 18.1 Å². The van der Waals surface area contributed by atoms with E-state index in [1.54, 1.807) is 0 Å². The van der Waals surface area contributed by atoms with Crippen molar-refractivity contribution in [2.24, 2.45) is 0 Å². The van der Waals surface area contributed by atoms with E-state index in [0.717, 1.165) is 32.8 Å². The Bertz CT molecular complexity index is 1120. The van der Waals surface area contributed by atoms with E-state index < -0.39 is 0 Å². The van der Waals surface area contributed by atoms with E-state index in [4.69, 9.17) is 9.47 Å². The molecule has 4 aromatic carbocycles. The number of nitrogens with one attached hydrogen (secondary N) is 1. The van der Waals surface area contributed by atoms with Gasteiger partial charge in [0.05, 0.1) is 6.61 Å². The zero-order valence-electron chi connectivity index (χ0n) is 16.9. The van der Waals surface area contributed by atoms with Crippen LogP contribution in [0.4, 0.5) is 5.69 Å². The Labute approximate surface area is 185 Å². The molecule has 152 valence electrons. The Morgan fingerprint density at radius 3 is 2.43 bits per heavy atom. The van der Waals surface area contributed by atoms with Crippen molar-refractivity contribution >= 4 is 32.4 Å². The van der Waals surface area contributed by atoms with Crippen molar-refractivity contribution in [1.82, 2.24) is 0 Å². The number of ether oxygens (including phenoxy) is 2. The van der Waals surface area contributed by atoms with Crippen LogP contribution in [0.5, 0.6) is 11.5 Å². The van der Waals surface area contributed by atoms with Crippen LogP contribution in [-0.4, -0.2) is 6.61 Å². The molecule has 0 aromatic heterocycles. The zero-order valence-corrected chi connectivity index (χ0v) is 18.5. The largest absolute Gasteiger partial charge is 0.490 e. The smallest absolute Gasteiger partial charge is 0.161 e. The Hall–Kier alpha value is -2.98. The number of hydrogen-bond acceptors (Lipinski definition) is 3. The van der Waals surface area contributed by atoms with Gasteiger partial charge in [-0.1, -0.05) is 64.5 Å². The molecule has 0 spiro atoms. The number of anilines is 1. The molecule has 0 unspecified atom stereocenters. The van der Waals surface area contributed by atoms with Gasteiger partial charge in [0.2, 0.25) is 0 Å². The Kier molecular flexibility index (Phi) is 6.55. The van der Waals surface area contributed by atoms with Crippen molar-refractivity contribution in [2.45, 2.75) is 20.1 Å². The molecule has 3 nitrogen and oxygen atoms in total. The quantitative estimate of drug-likeness (QED) is 0.301. The second kappa shape index (κ2) is 9.68. The molecule has 0 aliphatic carbocycles. The third-order valence-electron chi connectivity index (χ3n) is 4.91. The molecule has 0 saturated carbocycles. The first-order valence-electron chi connectivity index (χ1n) is 10.1. The summed E-state index contributed by atoms with van der Waals surface area (Å²) in [6.45, 7) is 3.79. The second-order valence-corrected chi connectivity index (χ2v) is 7.92. The van der Waals surface area contributed by atoms with E-state index in [9.17, 15) is 0 Å². The summed E-state index contributed by atoms with van der Waals surface area (Å²) in [5.74, 6) is 1.53. The summed E-state index contributed by atoms with van der Waals surface area (Å²) < 4.78 is 13.1. The third-order valence-corrected chi connectivity index (χ3v) is 5.44. The van der Waals surface area contributed by atoms with Gasteiger partial charge < -0.3 is 14.8 Å². The molecule has 4 rings (SSSR count). The van der Waals surface area contributed by atoms with Crippen LogP contribution in [0.15, 0.2) is 89.4 Å². The van der Waals surface area contributed by atoms with E-state index in [2.05, 4.69) is 81.9 Å². The van der Waals surface area contributed by atoms with Crippen molar-refractivity contribution in [1.29, 1.82) is 0 Å². The van der Waals surface area contributed by atoms with Gasteiger partial charge >= 0.3 is 0 Å². The first-order chi connectivity index (χ1) is 14.7. The second-order valence-electron chi connectivity index (χ2n) is 7.00. The summed E-state index contributed by atoms with van der Waals surface area (Å²) in [6.07, 6.45) is 0. The molecule has 0 saturated heterocycles. The molecule has 4 heteroatoms. The lowest BCUT2D eigenvalue weighted by atomic mass is 10.1. The van der Waals surface area contributed by atoms with E-state index in [-0.39, 0.29) is 0 Å². The maximum Gasteiger partial charge on any atom is 0.161 e. The average molecular weight is 462 g/mol. The lowest BCUT2D eigenvalue weighted by Gasteiger charge is -2.15. The summed E-state index contributed by atoms with van der Waals surface area (Å²) in [7, 11) is 0. The van der Waals surface area contributed by atoms with Gasteiger partial charge in [0.25, 0.3) is 0 Å². The number of hydrogen-bond donors (Lipinski definition) is 1. The minimum Gasteiger partial charge on any atom is -0.490 e. The molecular formula is C26H24BrNO2. The van der Waals surface area contributed by atoms with Gasteiger partial charge in [-0.15, -0.1) is 0 Å². The molecule has 0 radical (unpaired) electrons. The van der Waals surface area contributed by atoms with Crippen molar-refractivity contribution in [3.05, 3.63) is 101 Å². The standard InChI is InChI=1S/C26H24BrNO2/c1-2-29-26-16-19(17-28-23-13-11-22(27)12-14-23)10-15-25(26)30-18-21-8-5-7-20-6-3-4-9-24(20)21/h3-16,28H,2,17-18H2,1H3. The minimum atomic E-state index is 0.498. The fraction of sp³-hybridized carbons (Fsp3) is 0.154. The maximum absolute atomic E-state index is 6.16. The van der Waals surface area contributed by atoms with Crippen molar-refractivity contribution in [3.8, 4) is 11.5 Å². The molecule has 0 aliphatic rings. The van der Waals surface area contributed by atoms with Gasteiger partial charge in [0.15, 0.2) is 11.5 Å². The zero-order chi connectivity index (χ0) is 20.8. The van der Waals surface area contributed by atoms with Crippen LogP contribution in [0, 0.1) is 0 Å². The Balaban J connectivity index is 1.48. The van der Waals surface area contributed by atoms with E-state index >= 15 is 0 Å². The normalized spacial score (nSPS) is 10.7. The van der Waals surface area contributed by atoms with Gasteiger partial charge in [-0.3, -0.25) is 0 Å². The summed E-state index contributed by atoms with van der Waals surface area (Å²) in [6, 6.07) is 29.0. The highest BCUT2D eigenvalue weighted by Crippen LogP contribution is 2.30. The first kappa shape index (κ1) is 20.3.